The first kappa shape index (κ1) is 20.7. The van der Waals surface area contributed by atoms with Gasteiger partial charge in [-0.1, -0.05) is 0 Å². The first-order valence-corrected chi connectivity index (χ1v) is 9.50. The van der Waals surface area contributed by atoms with Crippen molar-refractivity contribution in [3.05, 3.63) is 29.3 Å². The highest BCUT2D eigenvalue weighted by molar-refractivity contribution is 5.96. The number of nitrogens with two attached hydrogens (primary N) is 1. The average molecular weight is 364 g/mol. The van der Waals surface area contributed by atoms with Gasteiger partial charge in [0.25, 0.3) is 5.91 Å². The Hall–Kier alpha value is -1.63. The summed E-state index contributed by atoms with van der Waals surface area (Å²) in [6.07, 6.45) is 4.24. The number of nitrogens with zero attached hydrogens (tertiary/aromatic N) is 1. The highest BCUT2D eigenvalue weighted by Gasteiger charge is 2.20. The molecule has 2 rings (SSSR count). The molecule has 1 amide bonds. The van der Waals surface area contributed by atoms with E-state index in [1.165, 1.54) is 5.06 Å². The number of nitrogens with one attached hydrogen (secondary N) is 1. The summed E-state index contributed by atoms with van der Waals surface area (Å²) in [6, 6.07) is 5.57. The number of aryl methyl sites for hydroxylation is 1. The third-order valence-electron chi connectivity index (χ3n) is 5.02. The van der Waals surface area contributed by atoms with Crippen LogP contribution in [-0.2, 0) is 0 Å². The molecule has 0 radical (unpaired) electrons. The molecule has 6 heteroatoms. The van der Waals surface area contributed by atoms with Crippen LogP contribution in [0.1, 0.15) is 55.5 Å². The molecular weight excluding hydrogens is 330 g/mol. The van der Waals surface area contributed by atoms with Crippen LogP contribution in [0.2, 0.25) is 0 Å². The quantitative estimate of drug-likeness (QED) is 0.618. The second kappa shape index (κ2) is 9.35. The molecule has 1 aromatic rings. The number of rotatable bonds is 8. The summed E-state index contributed by atoms with van der Waals surface area (Å²) in [4.78, 5) is 12.4. The number of amides is 1. The topological polar surface area (TPSA) is 87.8 Å². The fourth-order valence-corrected chi connectivity index (χ4v) is 3.18. The van der Waals surface area contributed by atoms with E-state index in [9.17, 15) is 10.0 Å². The summed E-state index contributed by atoms with van der Waals surface area (Å²) in [7, 11) is 0. The molecule has 146 valence electrons. The molecule has 1 aromatic carbocycles. The Morgan fingerprint density at radius 1 is 1.38 bits per heavy atom. The number of carbonyl (C=O) groups excluding carboxylic acids is 1. The summed E-state index contributed by atoms with van der Waals surface area (Å²) in [5, 5.41) is 13.7. The molecule has 1 aliphatic rings. The van der Waals surface area contributed by atoms with Crippen LogP contribution < -0.4 is 15.8 Å². The highest BCUT2D eigenvalue weighted by atomic mass is 16.5. The summed E-state index contributed by atoms with van der Waals surface area (Å²) in [6.45, 7) is 8.33. The van der Waals surface area contributed by atoms with Gasteiger partial charge in [-0.15, -0.1) is 0 Å². The molecule has 1 fully saturated rings. The van der Waals surface area contributed by atoms with Crippen molar-refractivity contribution < 1.29 is 14.7 Å². The van der Waals surface area contributed by atoms with E-state index in [2.05, 4.69) is 5.32 Å². The molecule has 0 atom stereocenters. The Kier molecular flexibility index (Phi) is 7.43. The van der Waals surface area contributed by atoms with Crippen molar-refractivity contribution >= 4 is 5.91 Å². The first-order chi connectivity index (χ1) is 12.3. The standard InChI is InChI=1S/C20H33N3O3/c1-15-13-17(6-7-18(15)19(24)22-20(2,3)14-21)26-12-4-5-16-8-10-23(25)11-9-16/h6-7,13,16,25H,4-5,8-12,14,21H2,1-3H3,(H,22,24). The molecule has 0 saturated carbocycles. The Morgan fingerprint density at radius 2 is 2.08 bits per heavy atom. The van der Waals surface area contributed by atoms with E-state index in [0.29, 0.717) is 24.6 Å². The molecule has 0 aromatic heterocycles. The minimum absolute atomic E-state index is 0.111. The van der Waals surface area contributed by atoms with Gasteiger partial charge in [-0.25, -0.2) is 0 Å². The third kappa shape index (κ3) is 6.27. The van der Waals surface area contributed by atoms with Crippen molar-refractivity contribution in [2.75, 3.05) is 26.2 Å². The Balaban J connectivity index is 1.79. The molecule has 0 unspecified atom stereocenters. The van der Waals surface area contributed by atoms with Crippen LogP contribution in [0.15, 0.2) is 18.2 Å². The maximum Gasteiger partial charge on any atom is 0.252 e. The number of hydrogen-bond acceptors (Lipinski definition) is 5. The van der Waals surface area contributed by atoms with Gasteiger partial charge in [0.1, 0.15) is 5.75 Å². The van der Waals surface area contributed by atoms with E-state index in [4.69, 9.17) is 10.5 Å². The summed E-state index contributed by atoms with van der Waals surface area (Å²) >= 11 is 0. The summed E-state index contributed by atoms with van der Waals surface area (Å²) < 4.78 is 5.84. The lowest BCUT2D eigenvalue weighted by Gasteiger charge is -2.27. The molecule has 1 aliphatic heterocycles. The Morgan fingerprint density at radius 3 is 2.69 bits per heavy atom. The Bertz CT molecular complexity index is 596. The van der Waals surface area contributed by atoms with Gasteiger partial charge in [0.15, 0.2) is 0 Å². The van der Waals surface area contributed by atoms with E-state index >= 15 is 0 Å². The van der Waals surface area contributed by atoms with Gasteiger partial charge in [-0.05, 0) is 76.1 Å². The van der Waals surface area contributed by atoms with Crippen LogP contribution in [0.5, 0.6) is 5.75 Å². The van der Waals surface area contributed by atoms with Gasteiger partial charge in [0.2, 0.25) is 0 Å². The van der Waals surface area contributed by atoms with Gasteiger partial charge in [-0.3, -0.25) is 4.79 Å². The summed E-state index contributed by atoms with van der Waals surface area (Å²) in [5.41, 5.74) is 6.79. The molecule has 4 N–H and O–H groups in total. The van der Waals surface area contributed by atoms with Gasteiger partial charge in [0.05, 0.1) is 6.61 Å². The fourth-order valence-electron chi connectivity index (χ4n) is 3.18. The molecular formula is C20H33N3O3. The number of hydroxylamine groups is 2. The second-order valence-electron chi connectivity index (χ2n) is 7.91. The largest absolute Gasteiger partial charge is 0.494 e. The van der Waals surface area contributed by atoms with Crippen molar-refractivity contribution in [1.29, 1.82) is 0 Å². The maximum absolute atomic E-state index is 12.4. The van der Waals surface area contributed by atoms with Crippen molar-refractivity contribution in [1.82, 2.24) is 10.4 Å². The normalized spacial score (nSPS) is 16.5. The second-order valence-corrected chi connectivity index (χ2v) is 7.91. The highest BCUT2D eigenvalue weighted by Crippen LogP contribution is 2.22. The van der Waals surface area contributed by atoms with E-state index in [1.54, 1.807) is 0 Å². The number of benzene rings is 1. The SMILES string of the molecule is Cc1cc(OCCCC2CCN(O)CC2)ccc1C(=O)NC(C)(C)CN. The van der Waals surface area contributed by atoms with Crippen molar-refractivity contribution in [3.8, 4) is 5.75 Å². The fraction of sp³-hybridized carbons (Fsp3) is 0.650. The van der Waals surface area contributed by atoms with Crippen LogP contribution >= 0.6 is 0 Å². The van der Waals surface area contributed by atoms with E-state index in [1.807, 2.05) is 39.0 Å². The van der Waals surface area contributed by atoms with Crippen LogP contribution in [-0.4, -0.2) is 48.0 Å². The van der Waals surface area contributed by atoms with Crippen LogP contribution in [0.3, 0.4) is 0 Å². The number of piperidine rings is 1. The van der Waals surface area contributed by atoms with Crippen LogP contribution in [0, 0.1) is 12.8 Å². The van der Waals surface area contributed by atoms with Gasteiger partial charge in [-0.2, -0.15) is 5.06 Å². The lowest BCUT2D eigenvalue weighted by molar-refractivity contribution is -0.112. The minimum atomic E-state index is -0.426. The van der Waals surface area contributed by atoms with E-state index < -0.39 is 5.54 Å². The smallest absolute Gasteiger partial charge is 0.252 e. The van der Waals surface area contributed by atoms with Gasteiger partial charge in [0, 0.05) is 30.7 Å². The molecule has 0 spiro atoms. The zero-order valence-electron chi connectivity index (χ0n) is 16.3. The molecule has 1 saturated heterocycles. The van der Waals surface area contributed by atoms with Crippen LogP contribution in [0.4, 0.5) is 0 Å². The predicted octanol–water partition coefficient (Wildman–Crippen LogP) is 2.72. The van der Waals surface area contributed by atoms with E-state index in [0.717, 1.165) is 50.1 Å². The average Bonchev–Trinajstić information content (AvgIpc) is 2.60. The van der Waals surface area contributed by atoms with Crippen molar-refractivity contribution in [3.63, 3.8) is 0 Å². The molecule has 1 heterocycles. The zero-order chi connectivity index (χ0) is 19.2. The third-order valence-corrected chi connectivity index (χ3v) is 5.02. The van der Waals surface area contributed by atoms with Gasteiger partial charge < -0.3 is 21.0 Å². The minimum Gasteiger partial charge on any atom is -0.494 e. The molecule has 0 aliphatic carbocycles. The monoisotopic (exact) mass is 363 g/mol. The Labute approximate surface area is 156 Å². The molecule has 6 nitrogen and oxygen atoms in total. The number of ether oxygens (including phenoxy) is 1. The maximum atomic E-state index is 12.4. The van der Waals surface area contributed by atoms with Gasteiger partial charge >= 0.3 is 0 Å². The molecule has 26 heavy (non-hydrogen) atoms. The molecule has 0 bridgehead atoms. The predicted molar refractivity (Wildman–Crippen MR) is 103 cm³/mol. The van der Waals surface area contributed by atoms with Crippen molar-refractivity contribution in [2.45, 2.75) is 52.0 Å². The number of hydrogen-bond donors (Lipinski definition) is 3. The number of carbonyl (C=O) groups is 1. The summed E-state index contributed by atoms with van der Waals surface area (Å²) in [5.74, 6) is 1.36. The zero-order valence-corrected chi connectivity index (χ0v) is 16.3. The first-order valence-electron chi connectivity index (χ1n) is 9.50. The van der Waals surface area contributed by atoms with Crippen molar-refractivity contribution in [2.24, 2.45) is 11.7 Å². The van der Waals surface area contributed by atoms with Crippen LogP contribution in [0.25, 0.3) is 0 Å². The van der Waals surface area contributed by atoms with E-state index in [-0.39, 0.29) is 5.91 Å². The lowest BCUT2D eigenvalue weighted by atomic mass is 9.93. The lowest BCUT2D eigenvalue weighted by Crippen LogP contribution is -2.49.